The minimum Gasteiger partial charge on any atom is -0.459 e. The van der Waals surface area contributed by atoms with Crippen molar-refractivity contribution in [1.82, 2.24) is 4.98 Å². The molecule has 0 fully saturated rings. The van der Waals surface area contributed by atoms with Gasteiger partial charge in [-0.15, -0.1) is 0 Å². The topological polar surface area (TPSA) is 94.6 Å². The molecule has 0 spiro atoms. The molecule has 2 aromatic rings. The Balaban J connectivity index is 1.84. The molecule has 0 unspecified atom stereocenters. The molecule has 2 rings (SSSR count). The van der Waals surface area contributed by atoms with E-state index in [0.29, 0.717) is 11.3 Å². The van der Waals surface area contributed by atoms with Crippen LogP contribution in [0.5, 0.6) is 0 Å². The first kappa shape index (κ1) is 18.1. The van der Waals surface area contributed by atoms with Crippen LogP contribution in [0.3, 0.4) is 0 Å². The standard InChI is InChI=1S/C18H18N2O5/c1-12(2)25-18(23)13-5-7-15(8-6-13)20-16(21)11-24-17(22)14-4-3-9-19-10-14/h3-10,12H,11H2,1-2H3,(H,20,21). The molecule has 0 aliphatic rings. The van der Waals surface area contributed by atoms with E-state index in [-0.39, 0.29) is 11.7 Å². The van der Waals surface area contributed by atoms with Crippen molar-refractivity contribution in [3.05, 3.63) is 59.9 Å². The maximum atomic E-state index is 11.8. The molecule has 0 aliphatic heterocycles. The zero-order valence-electron chi connectivity index (χ0n) is 13.9. The minimum absolute atomic E-state index is 0.207. The molecule has 0 aliphatic carbocycles. The summed E-state index contributed by atoms with van der Waals surface area (Å²) in [5.74, 6) is -1.55. The average molecular weight is 342 g/mol. The normalized spacial score (nSPS) is 10.2. The van der Waals surface area contributed by atoms with Crippen molar-refractivity contribution in [3.8, 4) is 0 Å². The fourth-order valence-electron chi connectivity index (χ4n) is 1.87. The molecule has 0 saturated carbocycles. The summed E-state index contributed by atoms with van der Waals surface area (Å²) < 4.78 is 9.98. The van der Waals surface area contributed by atoms with E-state index in [9.17, 15) is 14.4 Å². The predicted octanol–water partition coefficient (Wildman–Crippen LogP) is 2.44. The van der Waals surface area contributed by atoms with Gasteiger partial charge in [-0.3, -0.25) is 9.78 Å². The zero-order valence-corrected chi connectivity index (χ0v) is 13.9. The van der Waals surface area contributed by atoms with Crippen LogP contribution in [0.1, 0.15) is 34.6 Å². The number of carbonyl (C=O) groups excluding carboxylic acids is 3. The highest BCUT2D eigenvalue weighted by Gasteiger charge is 2.12. The molecule has 1 amide bonds. The van der Waals surface area contributed by atoms with Crippen molar-refractivity contribution in [1.29, 1.82) is 0 Å². The number of rotatable bonds is 6. The van der Waals surface area contributed by atoms with Crippen molar-refractivity contribution < 1.29 is 23.9 Å². The number of pyridine rings is 1. The number of aromatic nitrogens is 1. The van der Waals surface area contributed by atoms with Crippen LogP contribution in [0, 0.1) is 0 Å². The van der Waals surface area contributed by atoms with Gasteiger partial charge in [-0.25, -0.2) is 9.59 Å². The van der Waals surface area contributed by atoms with Crippen LogP contribution in [-0.4, -0.2) is 35.5 Å². The van der Waals surface area contributed by atoms with Crippen LogP contribution in [0.15, 0.2) is 48.8 Å². The van der Waals surface area contributed by atoms with Crippen molar-refractivity contribution in [2.45, 2.75) is 20.0 Å². The zero-order chi connectivity index (χ0) is 18.2. The third-order valence-corrected chi connectivity index (χ3v) is 2.98. The van der Waals surface area contributed by atoms with Gasteiger partial charge in [0, 0.05) is 18.1 Å². The molecule has 1 heterocycles. The Hall–Kier alpha value is -3.22. The van der Waals surface area contributed by atoms with Gasteiger partial charge in [-0.05, 0) is 50.2 Å². The minimum atomic E-state index is -0.630. The molecule has 7 nitrogen and oxygen atoms in total. The first-order chi connectivity index (χ1) is 12.0. The van der Waals surface area contributed by atoms with E-state index in [0.717, 1.165) is 0 Å². The van der Waals surface area contributed by atoms with Gasteiger partial charge in [0.05, 0.1) is 17.2 Å². The van der Waals surface area contributed by atoms with E-state index in [4.69, 9.17) is 9.47 Å². The largest absolute Gasteiger partial charge is 0.459 e. The Morgan fingerprint density at radius 3 is 2.36 bits per heavy atom. The van der Waals surface area contributed by atoms with Crippen molar-refractivity contribution in [3.63, 3.8) is 0 Å². The summed E-state index contributed by atoms with van der Waals surface area (Å²) in [7, 11) is 0. The Labute approximate surface area is 145 Å². The maximum absolute atomic E-state index is 11.8. The third-order valence-electron chi connectivity index (χ3n) is 2.98. The number of anilines is 1. The Morgan fingerprint density at radius 1 is 1.04 bits per heavy atom. The lowest BCUT2D eigenvalue weighted by atomic mass is 10.2. The number of hydrogen-bond acceptors (Lipinski definition) is 6. The predicted molar refractivity (Wildman–Crippen MR) is 90.1 cm³/mol. The smallest absolute Gasteiger partial charge is 0.340 e. The molecule has 7 heteroatoms. The quantitative estimate of drug-likeness (QED) is 0.810. The van der Waals surface area contributed by atoms with Crippen molar-refractivity contribution in [2.75, 3.05) is 11.9 Å². The van der Waals surface area contributed by atoms with Gasteiger partial charge < -0.3 is 14.8 Å². The van der Waals surface area contributed by atoms with E-state index in [2.05, 4.69) is 10.3 Å². The molecule has 0 atom stereocenters. The Bertz CT molecular complexity index is 742. The number of hydrogen-bond donors (Lipinski definition) is 1. The molecule has 1 aromatic heterocycles. The van der Waals surface area contributed by atoms with Gasteiger partial charge in [0.15, 0.2) is 6.61 Å². The molecule has 1 N–H and O–H groups in total. The van der Waals surface area contributed by atoms with Crippen LogP contribution < -0.4 is 5.32 Å². The summed E-state index contributed by atoms with van der Waals surface area (Å²) >= 11 is 0. The molecular formula is C18H18N2O5. The van der Waals surface area contributed by atoms with Gasteiger partial charge in [-0.2, -0.15) is 0 Å². The molecule has 130 valence electrons. The lowest BCUT2D eigenvalue weighted by molar-refractivity contribution is -0.119. The van der Waals surface area contributed by atoms with Crippen LogP contribution in [0.4, 0.5) is 5.69 Å². The van der Waals surface area contributed by atoms with Gasteiger partial charge in [0.25, 0.3) is 5.91 Å². The van der Waals surface area contributed by atoms with Gasteiger partial charge in [0.2, 0.25) is 0 Å². The highest BCUT2D eigenvalue weighted by atomic mass is 16.5. The number of carbonyl (C=O) groups is 3. The number of esters is 2. The van der Waals surface area contributed by atoms with Gasteiger partial charge in [0.1, 0.15) is 0 Å². The molecule has 1 aromatic carbocycles. The first-order valence-corrected chi connectivity index (χ1v) is 7.64. The first-order valence-electron chi connectivity index (χ1n) is 7.64. The van der Waals surface area contributed by atoms with Crippen molar-refractivity contribution in [2.24, 2.45) is 0 Å². The monoisotopic (exact) mass is 342 g/mol. The van der Waals surface area contributed by atoms with Crippen LogP contribution >= 0.6 is 0 Å². The summed E-state index contributed by atoms with van der Waals surface area (Å²) in [4.78, 5) is 39.1. The summed E-state index contributed by atoms with van der Waals surface area (Å²) in [6, 6.07) is 9.37. The van der Waals surface area contributed by atoms with Crippen LogP contribution in [0.2, 0.25) is 0 Å². The van der Waals surface area contributed by atoms with E-state index in [1.807, 2.05) is 0 Å². The second-order valence-electron chi connectivity index (χ2n) is 5.40. The number of ether oxygens (including phenoxy) is 2. The van der Waals surface area contributed by atoms with E-state index >= 15 is 0 Å². The summed E-state index contributed by atoms with van der Waals surface area (Å²) in [6.45, 7) is 3.10. The highest BCUT2D eigenvalue weighted by Crippen LogP contribution is 2.11. The maximum Gasteiger partial charge on any atom is 0.340 e. The molecular weight excluding hydrogens is 324 g/mol. The Morgan fingerprint density at radius 2 is 1.76 bits per heavy atom. The second-order valence-corrected chi connectivity index (χ2v) is 5.40. The Kier molecular flexibility index (Phi) is 6.22. The molecule has 0 radical (unpaired) electrons. The van der Waals surface area contributed by atoms with Crippen LogP contribution in [-0.2, 0) is 14.3 Å². The fraction of sp³-hybridized carbons (Fsp3) is 0.222. The average Bonchev–Trinajstić information content (AvgIpc) is 2.60. The lowest BCUT2D eigenvalue weighted by Crippen LogP contribution is -2.21. The van der Waals surface area contributed by atoms with E-state index in [1.54, 1.807) is 50.2 Å². The lowest BCUT2D eigenvalue weighted by Gasteiger charge is -2.09. The third kappa shape index (κ3) is 5.72. The molecule has 25 heavy (non-hydrogen) atoms. The summed E-state index contributed by atoms with van der Waals surface area (Å²) in [5.41, 5.74) is 1.13. The van der Waals surface area contributed by atoms with Gasteiger partial charge >= 0.3 is 11.9 Å². The molecule has 0 bridgehead atoms. The van der Waals surface area contributed by atoms with E-state index in [1.165, 1.54) is 12.4 Å². The number of benzene rings is 1. The molecule has 0 saturated heterocycles. The van der Waals surface area contributed by atoms with Crippen LogP contribution in [0.25, 0.3) is 0 Å². The van der Waals surface area contributed by atoms with E-state index < -0.39 is 24.5 Å². The highest BCUT2D eigenvalue weighted by molar-refractivity contribution is 5.96. The number of nitrogens with zero attached hydrogens (tertiary/aromatic N) is 1. The summed E-state index contributed by atoms with van der Waals surface area (Å²) in [5, 5.41) is 2.57. The van der Waals surface area contributed by atoms with Gasteiger partial charge in [-0.1, -0.05) is 0 Å². The SMILES string of the molecule is CC(C)OC(=O)c1ccc(NC(=O)COC(=O)c2cccnc2)cc1. The second kappa shape index (κ2) is 8.58. The number of nitrogens with one attached hydrogen (secondary N) is 1. The van der Waals surface area contributed by atoms with Crippen molar-refractivity contribution >= 4 is 23.5 Å². The fourth-order valence-corrected chi connectivity index (χ4v) is 1.87. The summed E-state index contributed by atoms with van der Waals surface area (Å²) in [6.07, 6.45) is 2.68. The number of amides is 1.